The van der Waals surface area contributed by atoms with Gasteiger partial charge in [-0.2, -0.15) is 0 Å². The van der Waals surface area contributed by atoms with Crippen LogP contribution in [-0.2, 0) is 16.1 Å². The molecule has 0 saturated heterocycles. The SMILES string of the molecule is CC(=O)Oc1ccc(OC(C)=O)c2c1C(=O)N(Cc1ccccc1)C2=O. The molecule has 0 aliphatic carbocycles. The predicted octanol–water partition coefficient (Wildman–Crippen LogP) is 2.33. The molecule has 0 spiro atoms. The van der Waals surface area contributed by atoms with Crippen molar-refractivity contribution in [2.75, 3.05) is 0 Å². The number of esters is 2. The number of benzene rings is 2. The van der Waals surface area contributed by atoms with Crippen molar-refractivity contribution in [3.63, 3.8) is 0 Å². The lowest BCUT2D eigenvalue weighted by Crippen LogP contribution is -2.29. The summed E-state index contributed by atoms with van der Waals surface area (Å²) >= 11 is 0. The molecule has 2 aromatic rings. The smallest absolute Gasteiger partial charge is 0.308 e. The van der Waals surface area contributed by atoms with E-state index in [-0.39, 0.29) is 29.2 Å². The fraction of sp³-hybridized carbons (Fsp3) is 0.158. The second-order valence-electron chi connectivity index (χ2n) is 5.68. The van der Waals surface area contributed by atoms with Crippen LogP contribution < -0.4 is 9.47 Å². The molecule has 0 unspecified atom stereocenters. The van der Waals surface area contributed by atoms with E-state index in [1.807, 2.05) is 6.07 Å². The van der Waals surface area contributed by atoms with E-state index >= 15 is 0 Å². The Kier molecular flexibility index (Phi) is 4.53. The standard InChI is InChI=1S/C19H15NO6/c1-11(21)25-14-8-9-15(26-12(2)22)17-16(14)18(23)20(19(17)24)10-13-6-4-3-5-7-13/h3-9H,10H2,1-2H3. The van der Waals surface area contributed by atoms with Gasteiger partial charge in [-0.15, -0.1) is 0 Å². The van der Waals surface area contributed by atoms with Gasteiger partial charge in [0, 0.05) is 13.8 Å². The van der Waals surface area contributed by atoms with Crippen molar-refractivity contribution in [3.05, 3.63) is 59.2 Å². The molecule has 2 amide bonds. The van der Waals surface area contributed by atoms with Crippen molar-refractivity contribution in [3.8, 4) is 11.5 Å². The molecule has 0 N–H and O–H groups in total. The van der Waals surface area contributed by atoms with E-state index in [1.165, 1.54) is 26.0 Å². The Hall–Kier alpha value is -3.48. The van der Waals surface area contributed by atoms with Crippen LogP contribution in [0.1, 0.15) is 40.1 Å². The lowest BCUT2D eigenvalue weighted by Gasteiger charge is -2.13. The molecule has 1 aliphatic heterocycles. The minimum atomic E-state index is -0.630. The highest BCUT2D eigenvalue weighted by molar-refractivity contribution is 6.24. The minimum Gasteiger partial charge on any atom is -0.426 e. The first kappa shape index (κ1) is 17.3. The molecule has 0 fully saturated rings. The first-order chi connectivity index (χ1) is 12.4. The zero-order chi connectivity index (χ0) is 18.8. The van der Waals surface area contributed by atoms with Crippen molar-refractivity contribution in [2.24, 2.45) is 0 Å². The average molecular weight is 353 g/mol. The Morgan fingerprint density at radius 2 is 1.27 bits per heavy atom. The second kappa shape index (κ2) is 6.79. The summed E-state index contributed by atoms with van der Waals surface area (Å²) in [6.45, 7) is 2.43. The van der Waals surface area contributed by atoms with Crippen LogP contribution in [0.5, 0.6) is 11.5 Å². The first-order valence-corrected chi connectivity index (χ1v) is 7.82. The van der Waals surface area contributed by atoms with Gasteiger partial charge in [0.05, 0.1) is 17.7 Å². The highest BCUT2D eigenvalue weighted by Gasteiger charge is 2.41. The van der Waals surface area contributed by atoms with Crippen LogP contribution in [0.25, 0.3) is 0 Å². The number of hydrogen-bond donors (Lipinski definition) is 0. The van der Waals surface area contributed by atoms with Crippen LogP contribution in [0, 0.1) is 0 Å². The van der Waals surface area contributed by atoms with Gasteiger partial charge in [-0.05, 0) is 17.7 Å². The summed E-state index contributed by atoms with van der Waals surface area (Å²) in [5.41, 5.74) is 0.588. The number of carbonyl (C=O) groups is 4. The van der Waals surface area contributed by atoms with Gasteiger partial charge in [0.1, 0.15) is 11.5 Å². The fourth-order valence-electron chi connectivity index (χ4n) is 2.74. The first-order valence-electron chi connectivity index (χ1n) is 7.82. The minimum absolute atomic E-state index is 0.0442. The molecule has 0 saturated carbocycles. The number of rotatable bonds is 4. The van der Waals surface area contributed by atoms with E-state index in [2.05, 4.69) is 0 Å². The summed E-state index contributed by atoms with van der Waals surface area (Å²) in [5, 5.41) is 0. The Labute approximate surface area is 149 Å². The van der Waals surface area contributed by atoms with E-state index in [9.17, 15) is 19.2 Å². The van der Waals surface area contributed by atoms with Crippen molar-refractivity contribution in [2.45, 2.75) is 20.4 Å². The van der Waals surface area contributed by atoms with E-state index in [4.69, 9.17) is 9.47 Å². The Balaban J connectivity index is 2.07. The number of amides is 2. The van der Waals surface area contributed by atoms with Gasteiger partial charge in [0.15, 0.2) is 0 Å². The molecule has 1 aliphatic rings. The topological polar surface area (TPSA) is 90.0 Å². The second-order valence-corrected chi connectivity index (χ2v) is 5.68. The van der Waals surface area contributed by atoms with Gasteiger partial charge in [0.25, 0.3) is 11.8 Å². The zero-order valence-electron chi connectivity index (χ0n) is 14.1. The lowest BCUT2D eigenvalue weighted by molar-refractivity contribution is -0.133. The average Bonchev–Trinajstić information content (AvgIpc) is 2.83. The molecule has 132 valence electrons. The van der Waals surface area contributed by atoms with Gasteiger partial charge in [-0.3, -0.25) is 24.1 Å². The Bertz CT molecular complexity index is 864. The maximum absolute atomic E-state index is 12.8. The molecular weight excluding hydrogens is 338 g/mol. The van der Waals surface area contributed by atoms with Crippen molar-refractivity contribution in [1.82, 2.24) is 4.90 Å². The maximum atomic E-state index is 12.8. The Morgan fingerprint density at radius 1 is 0.808 bits per heavy atom. The summed E-state index contributed by atoms with van der Waals surface area (Å²) in [4.78, 5) is 49.3. The number of fused-ring (bicyclic) bond motifs is 1. The third-order valence-electron chi connectivity index (χ3n) is 3.74. The number of ether oxygens (including phenoxy) is 2. The number of hydrogen-bond acceptors (Lipinski definition) is 6. The normalized spacial score (nSPS) is 12.8. The quantitative estimate of drug-likeness (QED) is 0.476. The summed E-state index contributed by atoms with van der Waals surface area (Å²) in [5.74, 6) is -2.57. The molecule has 0 radical (unpaired) electrons. The highest BCUT2D eigenvalue weighted by Crippen LogP contribution is 2.38. The highest BCUT2D eigenvalue weighted by atomic mass is 16.5. The maximum Gasteiger partial charge on any atom is 0.308 e. The van der Waals surface area contributed by atoms with E-state index in [0.717, 1.165) is 10.5 Å². The van der Waals surface area contributed by atoms with Crippen LogP contribution in [0.2, 0.25) is 0 Å². The van der Waals surface area contributed by atoms with E-state index in [1.54, 1.807) is 24.3 Å². The number of nitrogens with zero attached hydrogens (tertiary/aromatic N) is 1. The molecule has 7 nitrogen and oxygen atoms in total. The summed E-state index contributed by atoms with van der Waals surface area (Å²) in [6.07, 6.45) is 0. The van der Waals surface area contributed by atoms with Crippen LogP contribution >= 0.6 is 0 Å². The molecule has 26 heavy (non-hydrogen) atoms. The van der Waals surface area contributed by atoms with Crippen LogP contribution in [0.4, 0.5) is 0 Å². The van der Waals surface area contributed by atoms with E-state index in [0.29, 0.717) is 0 Å². The molecular formula is C19H15NO6. The van der Waals surface area contributed by atoms with Crippen LogP contribution in [-0.4, -0.2) is 28.7 Å². The van der Waals surface area contributed by atoms with Gasteiger partial charge in [-0.25, -0.2) is 0 Å². The lowest BCUT2D eigenvalue weighted by atomic mass is 10.1. The molecule has 3 rings (SSSR count). The molecule has 2 aromatic carbocycles. The molecule has 0 atom stereocenters. The van der Waals surface area contributed by atoms with Crippen LogP contribution in [0.3, 0.4) is 0 Å². The third kappa shape index (κ3) is 3.19. The van der Waals surface area contributed by atoms with Gasteiger partial charge in [0.2, 0.25) is 0 Å². The number of imide groups is 1. The van der Waals surface area contributed by atoms with Crippen molar-refractivity contribution < 1.29 is 28.7 Å². The van der Waals surface area contributed by atoms with E-state index < -0.39 is 23.8 Å². The molecule has 0 bridgehead atoms. The fourth-order valence-corrected chi connectivity index (χ4v) is 2.74. The summed E-state index contributed by atoms with van der Waals surface area (Å²) < 4.78 is 10.1. The third-order valence-corrected chi connectivity index (χ3v) is 3.74. The molecule has 7 heteroatoms. The largest absolute Gasteiger partial charge is 0.426 e. The molecule has 1 heterocycles. The monoisotopic (exact) mass is 353 g/mol. The van der Waals surface area contributed by atoms with Gasteiger partial charge >= 0.3 is 11.9 Å². The zero-order valence-corrected chi connectivity index (χ0v) is 14.1. The number of carbonyl (C=O) groups excluding carboxylic acids is 4. The molecule has 0 aromatic heterocycles. The summed E-state index contributed by atoms with van der Waals surface area (Å²) in [6, 6.07) is 11.6. The van der Waals surface area contributed by atoms with Gasteiger partial charge in [-0.1, -0.05) is 30.3 Å². The predicted molar refractivity (Wildman–Crippen MR) is 89.7 cm³/mol. The van der Waals surface area contributed by atoms with Crippen molar-refractivity contribution >= 4 is 23.8 Å². The van der Waals surface area contributed by atoms with Crippen LogP contribution in [0.15, 0.2) is 42.5 Å². The summed E-state index contributed by atoms with van der Waals surface area (Å²) in [7, 11) is 0. The Morgan fingerprint density at radius 3 is 1.69 bits per heavy atom. The van der Waals surface area contributed by atoms with Gasteiger partial charge < -0.3 is 9.47 Å². The van der Waals surface area contributed by atoms with Crippen molar-refractivity contribution in [1.29, 1.82) is 0 Å².